The van der Waals surface area contributed by atoms with Gasteiger partial charge in [-0.2, -0.15) is 10.1 Å². The molecular formula is C17H16Cl2N4O2S. The molecule has 1 amide bonds. The molecule has 0 fully saturated rings. The van der Waals surface area contributed by atoms with Crippen LogP contribution in [-0.2, 0) is 4.79 Å². The number of aromatic nitrogens is 2. The van der Waals surface area contributed by atoms with E-state index in [1.54, 1.807) is 39.0 Å². The van der Waals surface area contributed by atoms with Crippen molar-refractivity contribution in [3.8, 4) is 0 Å². The molecule has 0 radical (unpaired) electrons. The molecule has 6 nitrogen and oxygen atoms in total. The van der Waals surface area contributed by atoms with E-state index in [2.05, 4.69) is 10.1 Å². The number of hydrazone groups is 1. The molecule has 2 aromatic rings. The van der Waals surface area contributed by atoms with Crippen molar-refractivity contribution in [2.24, 2.45) is 5.10 Å². The summed E-state index contributed by atoms with van der Waals surface area (Å²) in [6.07, 6.45) is 0.584. The Bertz CT molecular complexity index is 939. The molecular weight excluding hydrogens is 395 g/mol. The van der Waals surface area contributed by atoms with Crippen LogP contribution in [0.4, 0.5) is 5.82 Å². The number of thioether (sulfide) groups is 1. The fraction of sp³-hybridized carbons (Fsp3) is 0.294. The number of carbonyl (C=O) groups excluding carboxylic acids is 2. The van der Waals surface area contributed by atoms with Crippen molar-refractivity contribution >= 4 is 57.6 Å². The molecule has 3 rings (SSSR count). The fourth-order valence-corrected chi connectivity index (χ4v) is 3.90. The number of benzene rings is 1. The molecule has 0 N–H and O–H groups in total. The zero-order chi connectivity index (χ0) is 19.0. The molecule has 1 aromatic heterocycles. The maximum absolute atomic E-state index is 12.4. The average molecular weight is 411 g/mol. The molecule has 2 heterocycles. The molecule has 9 heteroatoms. The fourth-order valence-electron chi connectivity index (χ4n) is 2.50. The Morgan fingerprint density at radius 3 is 2.42 bits per heavy atom. The van der Waals surface area contributed by atoms with E-state index in [-0.39, 0.29) is 18.2 Å². The van der Waals surface area contributed by atoms with Crippen molar-refractivity contribution < 1.29 is 9.59 Å². The Labute approximate surface area is 165 Å². The number of aryl methyl sites for hydroxylation is 1. The number of imidazole rings is 1. The molecule has 0 saturated carbocycles. The van der Waals surface area contributed by atoms with E-state index in [1.807, 2.05) is 0 Å². The average Bonchev–Trinajstić information content (AvgIpc) is 2.97. The summed E-state index contributed by atoms with van der Waals surface area (Å²) >= 11 is 13.4. The molecule has 0 bridgehead atoms. The van der Waals surface area contributed by atoms with Crippen molar-refractivity contribution in [3.05, 3.63) is 39.6 Å². The molecule has 26 heavy (non-hydrogen) atoms. The number of rotatable bonds is 3. The highest BCUT2D eigenvalue weighted by atomic mass is 35.5. The first-order chi connectivity index (χ1) is 12.4. The van der Waals surface area contributed by atoms with Gasteiger partial charge in [0.25, 0.3) is 0 Å². The summed E-state index contributed by atoms with van der Waals surface area (Å²) in [5.41, 5.74) is 0.707. The second-order valence-corrected chi connectivity index (χ2v) is 7.36. The first-order valence-electron chi connectivity index (χ1n) is 8.04. The third kappa shape index (κ3) is 3.26. The molecule has 1 aromatic carbocycles. The Kier molecular flexibility index (Phi) is 5.41. The van der Waals surface area contributed by atoms with E-state index in [9.17, 15) is 9.59 Å². The molecule has 1 aliphatic rings. The van der Waals surface area contributed by atoms with Gasteiger partial charge in [0.05, 0.1) is 10.0 Å². The molecule has 0 saturated heterocycles. The van der Waals surface area contributed by atoms with E-state index >= 15 is 0 Å². The summed E-state index contributed by atoms with van der Waals surface area (Å²) in [4.78, 5) is 29.2. The van der Waals surface area contributed by atoms with Gasteiger partial charge in [0.2, 0.25) is 11.8 Å². The van der Waals surface area contributed by atoms with Crippen LogP contribution < -0.4 is 5.01 Å². The normalized spacial score (nSPS) is 13.4. The molecule has 136 valence electrons. The minimum Gasteiger partial charge on any atom is -0.274 e. The van der Waals surface area contributed by atoms with Gasteiger partial charge in [-0.05, 0) is 30.8 Å². The second-order valence-electron chi connectivity index (χ2n) is 5.57. The number of hydrogen-bond donors (Lipinski definition) is 0. The number of nitrogens with zero attached hydrogens (tertiary/aromatic N) is 4. The SMILES string of the molecule is CCC(=O)N1N=C(c2ccc(Cl)c(Cl)c2)Sc2c1nc(C)n2C(=O)CC. The quantitative estimate of drug-likeness (QED) is 0.731. The largest absolute Gasteiger partial charge is 0.274 e. The number of carbonyl (C=O) groups is 2. The lowest BCUT2D eigenvalue weighted by Gasteiger charge is -2.22. The third-order valence-corrected chi connectivity index (χ3v) is 5.64. The van der Waals surface area contributed by atoms with Crippen molar-refractivity contribution in [3.63, 3.8) is 0 Å². The van der Waals surface area contributed by atoms with Gasteiger partial charge >= 0.3 is 0 Å². The Morgan fingerprint density at radius 2 is 1.81 bits per heavy atom. The first-order valence-corrected chi connectivity index (χ1v) is 9.62. The Morgan fingerprint density at radius 1 is 1.12 bits per heavy atom. The van der Waals surface area contributed by atoms with Gasteiger partial charge in [0.1, 0.15) is 15.9 Å². The molecule has 0 atom stereocenters. The summed E-state index contributed by atoms with van der Waals surface area (Å²) in [6.45, 7) is 5.27. The van der Waals surface area contributed by atoms with Gasteiger partial charge in [-0.25, -0.2) is 4.98 Å². The highest BCUT2D eigenvalue weighted by Crippen LogP contribution is 2.39. The van der Waals surface area contributed by atoms with Crippen molar-refractivity contribution in [1.82, 2.24) is 9.55 Å². The third-order valence-electron chi connectivity index (χ3n) is 3.83. The van der Waals surface area contributed by atoms with Gasteiger partial charge in [-0.3, -0.25) is 14.2 Å². The maximum atomic E-state index is 12.4. The number of fused-ring (bicyclic) bond motifs is 1. The zero-order valence-corrected chi connectivity index (χ0v) is 16.7. The van der Waals surface area contributed by atoms with Gasteiger partial charge in [0, 0.05) is 18.4 Å². The first kappa shape index (κ1) is 18.9. The lowest BCUT2D eigenvalue weighted by Crippen LogP contribution is -2.29. The van der Waals surface area contributed by atoms with Crippen LogP contribution in [0.2, 0.25) is 10.0 Å². The molecule has 1 aliphatic heterocycles. The Hall–Kier alpha value is -1.83. The number of amides is 1. The standard InChI is InChI=1S/C17H16Cl2N4O2S/c1-4-13(24)22-9(3)20-15-17(22)26-16(21-23(15)14(25)5-2)10-6-7-11(18)12(19)8-10/h6-8H,4-5H2,1-3H3. The van der Waals surface area contributed by atoms with E-state index in [0.717, 1.165) is 0 Å². The van der Waals surface area contributed by atoms with Crippen molar-refractivity contribution in [1.29, 1.82) is 0 Å². The maximum Gasteiger partial charge on any atom is 0.248 e. The van der Waals surface area contributed by atoms with Crippen LogP contribution in [0.5, 0.6) is 0 Å². The highest BCUT2D eigenvalue weighted by Gasteiger charge is 2.32. The van der Waals surface area contributed by atoms with Crippen LogP contribution in [-0.4, -0.2) is 26.4 Å². The van der Waals surface area contributed by atoms with E-state index in [4.69, 9.17) is 23.2 Å². The smallest absolute Gasteiger partial charge is 0.248 e. The van der Waals surface area contributed by atoms with Crippen LogP contribution in [0.3, 0.4) is 0 Å². The summed E-state index contributed by atoms with van der Waals surface area (Å²) < 4.78 is 1.53. The number of hydrogen-bond acceptors (Lipinski definition) is 5. The monoisotopic (exact) mass is 410 g/mol. The van der Waals surface area contributed by atoms with Crippen LogP contribution >= 0.6 is 35.0 Å². The zero-order valence-electron chi connectivity index (χ0n) is 14.4. The minimum atomic E-state index is -0.210. The lowest BCUT2D eigenvalue weighted by atomic mass is 10.2. The van der Waals surface area contributed by atoms with Crippen molar-refractivity contribution in [2.75, 3.05) is 5.01 Å². The highest BCUT2D eigenvalue weighted by molar-refractivity contribution is 8.14. The van der Waals surface area contributed by atoms with Crippen LogP contribution in [0.15, 0.2) is 28.3 Å². The lowest BCUT2D eigenvalue weighted by molar-refractivity contribution is -0.118. The predicted octanol–water partition coefficient (Wildman–Crippen LogP) is 4.76. The topological polar surface area (TPSA) is 67.6 Å². The molecule has 0 aliphatic carbocycles. The summed E-state index contributed by atoms with van der Waals surface area (Å²) in [7, 11) is 0. The molecule has 0 unspecified atom stereocenters. The summed E-state index contributed by atoms with van der Waals surface area (Å²) in [6, 6.07) is 5.13. The van der Waals surface area contributed by atoms with E-state index in [1.165, 1.54) is 21.3 Å². The van der Waals surface area contributed by atoms with E-state index in [0.29, 0.717) is 43.7 Å². The summed E-state index contributed by atoms with van der Waals surface area (Å²) in [5, 5.41) is 7.65. The summed E-state index contributed by atoms with van der Waals surface area (Å²) in [5.74, 6) is 0.597. The Balaban J connectivity index is 2.15. The van der Waals surface area contributed by atoms with Gasteiger partial charge in [-0.15, -0.1) is 0 Å². The number of anilines is 1. The van der Waals surface area contributed by atoms with Crippen LogP contribution in [0, 0.1) is 6.92 Å². The van der Waals surface area contributed by atoms with Crippen LogP contribution in [0.1, 0.15) is 42.9 Å². The minimum absolute atomic E-state index is 0.0944. The molecule has 0 spiro atoms. The van der Waals surface area contributed by atoms with E-state index < -0.39 is 0 Å². The predicted molar refractivity (Wildman–Crippen MR) is 105 cm³/mol. The van der Waals surface area contributed by atoms with Gasteiger partial charge in [-0.1, -0.05) is 43.1 Å². The van der Waals surface area contributed by atoms with Gasteiger partial charge < -0.3 is 0 Å². The van der Waals surface area contributed by atoms with Crippen LogP contribution in [0.25, 0.3) is 0 Å². The van der Waals surface area contributed by atoms with Gasteiger partial charge in [0.15, 0.2) is 5.82 Å². The number of halogens is 2. The second kappa shape index (κ2) is 7.42. The van der Waals surface area contributed by atoms with Crippen molar-refractivity contribution in [2.45, 2.75) is 38.6 Å².